The Bertz CT molecular complexity index is 920. The maximum Gasteiger partial charge on any atom is 0.327 e. The maximum absolute atomic E-state index is 12.1. The summed E-state index contributed by atoms with van der Waals surface area (Å²) in [6.45, 7) is 2.84. The van der Waals surface area contributed by atoms with Gasteiger partial charge in [0.15, 0.2) is 12.4 Å². The molecule has 27 heavy (non-hydrogen) atoms. The number of ketones is 1. The lowest BCUT2D eigenvalue weighted by Gasteiger charge is -2.23. The van der Waals surface area contributed by atoms with E-state index in [2.05, 4.69) is 0 Å². The van der Waals surface area contributed by atoms with Gasteiger partial charge in [0.1, 0.15) is 6.54 Å². The van der Waals surface area contributed by atoms with Gasteiger partial charge in [0.25, 0.3) is 0 Å². The summed E-state index contributed by atoms with van der Waals surface area (Å²) in [5.74, 6) is -1.13. The molecule has 0 aliphatic carbocycles. The number of carbonyl (C=O) groups excluding carboxylic acids is 2. The lowest BCUT2D eigenvalue weighted by Crippen LogP contribution is -2.36. The van der Waals surface area contributed by atoms with Crippen LogP contribution in [0, 0.1) is 6.92 Å². The van der Waals surface area contributed by atoms with Gasteiger partial charge in [-0.3, -0.25) is 13.9 Å². The lowest BCUT2D eigenvalue weighted by molar-refractivity contribution is -0.140. The summed E-state index contributed by atoms with van der Waals surface area (Å²) >= 11 is 0. The van der Waals surface area contributed by atoms with E-state index in [-0.39, 0.29) is 5.78 Å². The predicted octanol–water partition coefficient (Wildman–Crippen LogP) is 2.75. The molecule has 0 unspecified atom stereocenters. The van der Waals surface area contributed by atoms with Crippen molar-refractivity contribution in [2.24, 2.45) is 0 Å². The SMILES string of the molecule is CCc1ccc(C(=O)COC(=O)CN(c2ccccc2C)S(C)(=O)=O)cc1. The number of esters is 1. The summed E-state index contributed by atoms with van der Waals surface area (Å²) in [5, 5.41) is 0. The summed E-state index contributed by atoms with van der Waals surface area (Å²) in [4.78, 5) is 24.3. The third-order valence-electron chi connectivity index (χ3n) is 4.11. The van der Waals surface area contributed by atoms with Gasteiger partial charge in [-0.2, -0.15) is 0 Å². The van der Waals surface area contributed by atoms with Crippen LogP contribution in [0.1, 0.15) is 28.4 Å². The van der Waals surface area contributed by atoms with E-state index in [1.54, 1.807) is 43.3 Å². The molecule has 0 radical (unpaired) electrons. The normalized spacial score (nSPS) is 11.1. The minimum Gasteiger partial charge on any atom is -0.456 e. The zero-order valence-electron chi connectivity index (χ0n) is 15.6. The minimum atomic E-state index is -3.69. The van der Waals surface area contributed by atoms with Crippen LogP contribution in [0.4, 0.5) is 5.69 Å². The predicted molar refractivity (Wildman–Crippen MR) is 104 cm³/mol. The Labute approximate surface area is 159 Å². The number of carbonyl (C=O) groups is 2. The van der Waals surface area contributed by atoms with Crippen LogP contribution in [0.3, 0.4) is 0 Å². The fraction of sp³-hybridized carbons (Fsp3) is 0.300. The van der Waals surface area contributed by atoms with Gasteiger partial charge in [-0.1, -0.05) is 49.4 Å². The topological polar surface area (TPSA) is 80.8 Å². The molecule has 0 aliphatic heterocycles. The van der Waals surface area contributed by atoms with Crippen molar-refractivity contribution < 1.29 is 22.7 Å². The van der Waals surface area contributed by atoms with E-state index in [1.165, 1.54) is 0 Å². The quantitative estimate of drug-likeness (QED) is 0.512. The molecule has 144 valence electrons. The highest BCUT2D eigenvalue weighted by Gasteiger charge is 2.23. The summed E-state index contributed by atoms with van der Waals surface area (Å²) in [6, 6.07) is 13.9. The van der Waals surface area contributed by atoms with Gasteiger partial charge < -0.3 is 4.74 Å². The van der Waals surface area contributed by atoms with Crippen molar-refractivity contribution in [2.75, 3.05) is 23.7 Å². The highest BCUT2D eigenvalue weighted by atomic mass is 32.2. The van der Waals surface area contributed by atoms with Crippen LogP contribution in [0.25, 0.3) is 0 Å². The first-order valence-electron chi connectivity index (χ1n) is 8.53. The van der Waals surface area contributed by atoms with Gasteiger partial charge in [-0.15, -0.1) is 0 Å². The van der Waals surface area contributed by atoms with E-state index in [4.69, 9.17) is 4.74 Å². The van der Waals surface area contributed by atoms with E-state index in [1.807, 2.05) is 19.1 Å². The summed E-state index contributed by atoms with van der Waals surface area (Å²) in [6.07, 6.45) is 1.89. The minimum absolute atomic E-state index is 0.340. The number of nitrogens with zero attached hydrogens (tertiary/aromatic N) is 1. The zero-order valence-corrected chi connectivity index (χ0v) is 16.5. The van der Waals surface area contributed by atoms with Crippen LogP contribution in [0.2, 0.25) is 0 Å². The van der Waals surface area contributed by atoms with Gasteiger partial charge in [0.05, 0.1) is 11.9 Å². The fourth-order valence-electron chi connectivity index (χ4n) is 2.54. The summed E-state index contributed by atoms with van der Waals surface area (Å²) < 4.78 is 30.2. The number of ether oxygens (including phenoxy) is 1. The molecular weight excluding hydrogens is 366 g/mol. The Balaban J connectivity index is 2.03. The smallest absolute Gasteiger partial charge is 0.327 e. The van der Waals surface area contributed by atoms with Crippen molar-refractivity contribution in [3.63, 3.8) is 0 Å². The molecular formula is C20H23NO5S. The second kappa shape index (κ2) is 8.81. The average molecular weight is 389 g/mol. The molecule has 0 heterocycles. The van der Waals surface area contributed by atoms with Gasteiger partial charge in [-0.25, -0.2) is 8.42 Å². The fourth-order valence-corrected chi connectivity index (χ4v) is 3.45. The molecule has 7 heteroatoms. The average Bonchev–Trinajstić information content (AvgIpc) is 2.64. The zero-order chi connectivity index (χ0) is 20.0. The third kappa shape index (κ3) is 5.65. The summed E-state index contributed by atoms with van der Waals surface area (Å²) in [5.41, 5.74) is 2.66. The first-order valence-corrected chi connectivity index (χ1v) is 10.4. The largest absolute Gasteiger partial charge is 0.456 e. The van der Waals surface area contributed by atoms with Gasteiger partial charge in [-0.05, 0) is 30.5 Å². The number of para-hydroxylation sites is 1. The summed E-state index contributed by atoms with van der Waals surface area (Å²) in [7, 11) is -3.69. The van der Waals surface area contributed by atoms with E-state index in [9.17, 15) is 18.0 Å². The molecule has 0 aliphatic rings. The maximum atomic E-state index is 12.1. The Kier molecular flexibility index (Phi) is 6.74. The second-order valence-electron chi connectivity index (χ2n) is 6.19. The van der Waals surface area contributed by atoms with Crippen molar-refractivity contribution >= 4 is 27.5 Å². The highest BCUT2D eigenvalue weighted by Crippen LogP contribution is 2.21. The van der Waals surface area contributed by atoms with Crippen molar-refractivity contribution in [2.45, 2.75) is 20.3 Å². The van der Waals surface area contributed by atoms with Crippen molar-refractivity contribution in [1.29, 1.82) is 0 Å². The molecule has 0 atom stereocenters. The van der Waals surface area contributed by atoms with Crippen LogP contribution in [0.15, 0.2) is 48.5 Å². The van der Waals surface area contributed by atoms with Crippen LogP contribution < -0.4 is 4.31 Å². The van der Waals surface area contributed by atoms with Crippen LogP contribution in [-0.2, 0) is 26.0 Å². The number of hydrogen-bond acceptors (Lipinski definition) is 5. The van der Waals surface area contributed by atoms with Crippen LogP contribution >= 0.6 is 0 Å². The molecule has 2 aromatic carbocycles. The van der Waals surface area contributed by atoms with Crippen molar-refractivity contribution in [1.82, 2.24) is 0 Å². The standard InChI is InChI=1S/C20H23NO5S/c1-4-16-9-11-17(12-10-16)19(22)14-26-20(23)13-21(27(3,24)25)18-8-6-5-7-15(18)2/h5-12H,4,13-14H2,1-3H3. The molecule has 0 amide bonds. The number of anilines is 1. The Morgan fingerprint density at radius 3 is 2.22 bits per heavy atom. The van der Waals surface area contributed by atoms with Crippen molar-refractivity contribution in [3.05, 3.63) is 65.2 Å². The molecule has 0 saturated carbocycles. The molecule has 0 bridgehead atoms. The van der Waals surface area contributed by atoms with Gasteiger partial charge >= 0.3 is 5.97 Å². The number of sulfonamides is 1. The van der Waals surface area contributed by atoms with Gasteiger partial charge in [0.2, 0.25) is 10.0 Å². The molecule has 0 N–H and O–H groups in total. The van der Waals surface area contributed by atoms with Crippen LogP contribution in [0.5, 0.6) is 0 Å². The van der Waals surface area contributed by atoms with E-state index >= 15 is 0 Å². The third-order valence-corrected chi connectivity index (χ3v) is 5.23. The molecule has 0 saturated heterocycles. The number of hydrogen-bond donors (Lipinski definition) is 0. The Morgan fingerprint density at radius 1 is 1.04 bits per heavy atom. The van der Waals surface area contributed by atoms with E-state index in [0.29, 0.717) is 16.8 Å². The first kappa shape index (κ1) is 20.6. The monoisotopic (exact) mass is 389 g/mol. The van der Waals surface area contributed by atoms with E-state index in [0.717, 1.165) is 22.5 Å². The van der Waals surface area contributed by atoms with E-state index < -0.39 is 29.1 Å². The number of aryl methyl sites for hydroxylation is 2. The highest BCUT2D eigenvalue weighted by molar-refractivity contribution is 7.92. The number of Topliss-reactive ketones (excluding diaryl/α,β-unsaturated/α-hetero) is 1. The van der Waals surface area contributed by atoms with Crippen LogP contribution in [-0.4, -0.2) is 39.6 Å². The Morgan fingerprint density at radius 2 is 1.67 bits per heavy atom. The number of benzene rings is 2. The number of rotatable bonds is 8. The molecule has 2 aromatic rings. The Hall–Kier alpha value is -2.67. The van der Waals surface area contributed by atoms with Crippen molar-refractivity contribution in [3.8, 4) is 0 Å². The molecule has 0 spiro atoms. The molecule has 2 rings (SSSR count). The molecule has 0 fully saturated rings. The van der Waals surface area contributed by atoms with Gasteiger partial charge in [0, 0.05) is 5.56 Å². The first-order chi connectivity index (χ1) is 12.7. The molecule has 0 aromatic heterocycles. The lowest BCUT2D eigenvalue weighted by atomic mass is 10.1. The second-order valence-corrected chi connectivity index (χ2v) is 8.10. The molecule has 6 nitrogen and oxygen atoms in total.